The number of nitrogens with two attached hydrogens (primary N) is 1. The van der Waals surface area contributed by atoms with Gasteiger partial charge in [-0.05, 0) is 37.5 Å². The first-order valence-corrected chi connectivity index (χ1v) is 6.34. The normalized spacial score (nSPS) is 17.6. The summed E-state index contributed by atoms with van der Waals surface area (Å²) >= 11 is 0. The van der Waals surface area contributed by atoms with Gasteiger partial charge in [0.1, 0.15) is 11.6 Å². The molecule has 0 bridgehead atoms. The minimum Gasteiger partial charge on any atom is -0.493 e. The second-order valence-electron chi connectivity index (χ2n) is 4.90. The molecular weight excluding hydrogens is 217 g/mol. The van der Waals surface area contributed by atoms with Crippen LogP contribution in [0.15, 0.2) is 18.2 Å². The largest absolute Gasteiger partial charge is 0.493 e. The topological polar surface area (TPSA) is 35.2 Å². The second-order valence-corrected chi connectivity index (χ2v) is 4.90. The summed E-state index contributed by atoms with van der Waals surface area (Å²) in [6.45, 7) is 2.55. The molecule has 0 unspecified atom stereocenters. The third-order valence-corrected chi connectivity index (χ3v) is 3.47. The van der Waals surface area contributed by atoms with E-state index in [2.05, 4.69) is 0 Å². The van der Waals surface area contributed by atoms with Crippen molar-refractivity contribution in [2.24, 2.45) is 11.7 Å². The van der Waals surface area contributed by atoms with Crippen LogP contribution < -0.4 is 10.5 Å². The van der Waals surface area contributed by atoms with Crippen LogP contribution in [0.4, 0.5) is 4.39 Å². The summed E-state index contributed by atoms with van der Waals surface area (Å²) in [6, 6.07) is 4.35. The molecule has 1 atom stereocenters. The molecule has 17 heavy (non-hydrogen) atoms. The molecule has 3 heteroatoms. The average molecular weight is 237 g/mol. The Labute approximate surface area is 102 Å². The van der Waals surface area contributed by atoms with Gasteiger partial charge in [0.2, 0.25) is 0 Å². The van der Waals surface area contributed by atoms with Gasteiger partial charge in [-0.2, -0.15) is 0 Å². The molecule has 0 saturated heterocycles. The van der Waals surface area contributed by atoms with E-state index in [-0.39, 0.29) is 11.9 Å². The molecule has 1 aliphatic carbocycles. The summed E-state index contributed by atoms with van der Waals surface area (Å²) in [7, 11) is 0. The van der Waals surface area contributed by atoms with Crippen LogP contribution in [0.3, 0.4) is 0 Å². The fraction of sp³-hybridized carbons (Fsp3) is 0.571. The van der Waals surface area contributed by atoms with Gasteiger partial charge in [-0.1, -0.05) is 19.3 Å². The Morgan fingerprint density at radius 2 is 2.24 bits per heavy atom. The van der Waals surface area contributed by atoms with E-state index in [4.69, 9.17) is 10.5 Å². The summed E-state index contributed by atoms with van der Waals surface area (Å²) in [4.78, 5) is 0. The molecule has 1 aliphatic rings. The summed E-state index contributed by atoms with van der Waals surface area (Å²) in [5.74, 6) is 1.29. The summed E-state index contributed by atoms with van der Waals surface area (Å²) in [6.07, 6.45) is 5.10. The van der Waals surface area contributed by atoms with Gasteiger partial charge in [0.25, 0.3) is 0 Å². The van der Waals surface area contributed by atoms with Gasteiger partial charge in [-0.15, -0.1) is 0 Å². The Morgan fingerprint density at radius 3 is 2.82 bits per heavy atom. The first-order valence-electron chi connectivity index (χ1n) is 6.34. The van der Waals surface area contributed by atoms with Gasteiger partial charge in [0.05, 0.1) is 6.61 Å². The molecule has 2 N–H and O–H groups in total. The summed E-state index contributed by atoms with van der Waals surface area (Å²) in [5, 5.41) is 0. The Morgan fingerprint density at radius 1 is 1.47 bits per heavy atom. The van der Waals surface area contributed by atoms with Crippen LogP contribution in [-0.4, -0.2) is 6.61 Å². The van der Waals surface area contributed by atoms with Crippen LogP contribution >= 0.6 is 0 Å². The van der Waals surface area contributed by atoms with E-state index in [9.17, 15) is 4.39 Å². The maximum Gasteiger partial charge on any atom is 0.124 e. The predicted octanol–water partition coefficient (Wildman–Crippen LogP) is 3.41. The van der Waals surface area contributed by atoms with E-state index < -0.39 is 0 Å². The maximum absolute atomic E-state index is 13.1. The van der Waals surface area contributed by atoms with Crippen molar-refractivity contribution in [3.8, 4) is 5.75 Å². The zero-order valence-electron chi connectivity index (χ0n) is 10.3. The number of hydrogen-bond donors (Lipinski definition) is 1. The SMILES string of the molecule is C[C@@H](N)c1cc(F)ccc1OCCC1CCC1. The summed E-state index contributed by atoms with van der Waals surface area (Å²) in [5.41, 5.74) is 6.55. The number of hydrogen-bond acceptors (Lipinski definition) is 2. The van der Waals surface area contributed by atoms with E-state index in [0.717, 1.165) is 23.7 Å². The molecule has 0 spiro atoms. The zero-order chi connectivity index (χ0) is 12.3. The van der Waals surface area contributed by atoms with Crippen molar-refractivity contribution < 1.29 is 9.13 Å². The molecule has 1 aromatic carbocycles. The summed E-state index contributed by atoms with van der Waals surface area (Å²) < 4.78 is 18.8. The fourth-order valence-corrected chi connectivity index (χ4v) is 2.12. The van der Waals surface area contributed by atoms with E-state index >= 15 is 0 Å². The predicted molar refractivity (Wildman–Crippen MR) is 66.5 cm³/mol. The van der Waals surface area contributed by atoms with Crippen molar-refractivity contribution in [2.75, 3.05) is 6.61 Å². The molecule has 94 valence electrons. The van der Waals surface area contributed by atoms with Crippen molar-refractivity contribution in [3.05, 3.63) is 29.6 Å². The van der Waals surface area contributed by atoms with Crippen LogP contribution in [0.5, 0.6) is 5.75 Å². The number of benzene rings is 1. The van der Waals surface area contributed by atoms with Crippen molar-refractivity contribution in [3.63, 3.8) is 0 Å². The van der Waals surface area contributed by atoms with Crippen LogP contribution in [0.25, 0.3) is 0 Å². The van der Waals surface area contributed by atoms with Gasteiger partial charge in [0.15, 0.2) is 0 Å². The third kappa shape index (κ3) is 3.19. The Hall–Kier alpha value is -1.09. The highest BCUT2D eigenvalue weighted by molar-refractivity contribution is 5.36. The van der Waals surface area contributed by atoms with Crippen molar-refractivity contribution in [1.82, 2.24) is 0 Å². The Kier molecular flexibility index (Phi) is 4.00. The van der Waals surface area contributed by atoms with E-state index in [1.807, 2.05) is 6.92 Å². The lowest BCUT2D eigenvalue weighted by Gasteiger charge is -2.25. The molecule has 1 saturated carbocycles. The van der Waals surface area contributed by atoms with Crippen molar-refractivity contribution >= 4 is 0 Å². The quantitative estimate of drug-likeness (QED) is 0.851. The standard InChI is InChI=1S/C14H20FNO/c1-10(16)13-9-12(15)5-6-14(13)17-8-7-11-3-2-4-11/h5-6,9-11H,2-4,7-8,16H2,1H3/t10-/m1/s1. The minimum absolute atomic E-state index is 0.204. The lowest BCUT2D eigenvalue weighted by molar-refractivity contribution is 0.220. The molecule has 1 fully saturated rings. The third-order valence-electron chi connectivity index (χ3n) is 3.47. The molecule has 0 radical (unpaired) electrons. The maximum atomic E-state index is 13.1. The van der Waals surface area contributed by atoms with E-state index in [1.165, 1.54) is 31.4 Å². The van der Waals surface area contributed by atoms with Crippen LogP contribution in [0.2, 0.25) is 0 Å². The van der Waals surface area contributed by atoms with Gasteiger partial charge in [0, 0.05) is 11.6 Å². The average Bonchev–Trinajstić information content (AvgIpc) is 2.23. The molecule has 2 nitrogen and oxygen atoms in total. The van der Waals surface area contributed by atoms with Gasteiger partial charge < -0.3 is 10.5 Å². The van der Waals surface area contributed by atoms with Crippen molar-refractivity contribution in [2.45, 2.75) is 38.6 Å². The number of halogens is 1. The molecule has 0 aliphatic heterocycles. The molecule has 2 rings (SSSR count). The highest BCUT2D eigenvalue weighted by Gasteiger charge is 2.17. The Balaban J connectivity index is 1.93. The molecular formula is C14H20FNO. The lowest BCUT2D eigenvalue weighted by atomic mass is 9.83. The molecule has 0 amide bonds. The fourth-order valence-electron chi connectivity index (χ4n) is 2.12. The Bertz CT molecular complexity index is 374. The molecule has 1 aromatic rings. The molecule has 0 aromatic heterocycles. The molecule has 0 heterocycles. The smallest absolute Gasteiger partial charge is 0.124 e. The number of ether oxygens (including phenoxy) is 1. The zero-order valence-corrected chi connectivity index (χ0v) is 10.3. The second kappa shape index (κ2) is 5.50. The van der Waals surface area contributed by atoms with E-state index in [1.54, 1.807) is 6.07 Å². The lowest BCUT2D eigenvalue weighted by Crippen LogP contribution is -2.15. The monoisotopic (exact) mass is 237 g/mol. The van der Waals surface area contributed by atoms with Gasteiger partial charge in [-0.25, -0.2) is 4.39 Å². The highest BCUT2D eigenvalue weighted by Crippen LogP contribution is 2.30. The van der Waals surface area contributed by atoms with Crippen LogP contribution in [0, 0.1) is 11.7 Å². The highest BCUT2D eigenvalue weighted by atomic mass is 19.1. The van der Waals surface area contributed by atoms with Crippen molar-refractivity contribution in [1.29, 1.82) is 0 Å². The van der Waals surface area contributed by atoms with Crippen LogP contribution in [0.1, 0.15) is 44.2 Å². The first-order chi connectivity index (χ1) is 8.16. The number of rotatable bonds is 5. The van der Waals surface area contributed by atoms with Crippen LogP contribution in [-0.2, 0) is 0 Å². The van der Waals surface area contributed by atoms with Gasteiger partial charge in [-0.3, -0.25) is 0 Å². The van der Waals surface area contributed by atoms with E-state index in [0.29, 0.717) is 6.61 Å². The van der Waals surface area contributed by atoms with Gasteiger partial charge >= 0.3 is 0 Å². The minimum atomic E-state index is -0.261. The first kappa shape index (κ1) is 12.4.